The van der Waals surface area contributed by atoms with Crippen LogP contribution in [0, 0.1) is 0 Å². The summed E-state index contributed by atoms with van der Waals surface area (Å²) in [5.41, 5.74) is 2.34. The zero-order valence-corrected chi connectivity index (χ0v) is 17.2. The second-order valence-corrected chi connectivity index (χ2v) is 8.02. The van der Waals surface area contributed by atoms with Crippen LogP contribution in [0.25, 0.3) is 0 Å². The summed E-state index contributed by atoms with van der Waals surface area (Å²) in [5.74, 6) is 0.653. The number of hydrogen-bond donors (Lipinski definition) is 1. The first-order valence-electron chi connectivity index (χ1n) is 9.58. The van der Waals surface area contributed by atoms with Gasteiger partial charge in [-0.25, -0.2) is 9.78 Å². The molecule has 0 saturated carbocycles. The van der Waals surface area contributed by atoms with Crippen LogP contribution in [0.3, 0.4) is 0 Å². The van der Waals surface area contributed by atoms with Gasteiger partial charge in [0, 0.05) is 25.4 Å². The van der Waals surface area contributed by atoms with E-state index in [0.717, 1.165) is 29.2 Å². The largest absolute Gasteiger partial charge is 0.444 e. The van der Waals surface area contributed by atoms with Gasteiger partial charge in [-0.1, -0.05) is 25.1 Å². The van der Waals surface area contributed by atoms with Crippen LogP contribution in [0.2, 0.25) is 0 Å². The predicted molar refractivity (Wildman–Crippen MR) is 107 cm³/mol. The normalized spacial score (nSPS) is 16.0. The van der Waals surface area contributed by atoms with Crippen molar-refractivity contribution < 1.29 is 14.3 Å². The molecule has 2 heterocycles. The molecule has 2 amide bonds. The molecule has 0 saturated heterocycles. The van der Waals surface area contributed by atoms with Crippen molar-refractivity contribution in [1.29, 1.82) is 0 Å². The number of alkyl carbamates (subject to hydrolysis) is 1. The molecule has 0 bridgehead atoms. The van der Waals surface area contributed by atoms with Crippen LogP contribution in [-0.4, -0.2) is 33.7 Å². The average molecular weight is 384 g/mol. The lowest BCUT2D eigenvalue weighted by atomic mass is 10.1. The van der Waals surface area contributed by atoms with Crippen molar-refractivity contribution in [1.82, 2.24) is 14.9 Å². The molecule has 150 valence electrons. The first-order chi connectivity index (χ1) is 13.2. The number of imidazole rings is 1. The number of fused-ring (bicyclic) bond motifs is 1. The van der Waals surface area contributed by atoms with Gasteiger partial charge in [0.15, 0.2) is 0 Å². The summed E-state index contributed by atoms with van der Waals surface area (Å²) >= 11 is 0. The fourth-order valence-corrected chi connectivity index (χ4v) is 3.47. The van der Waals surface area contributed by atoms with Crippen LogP contribution in [0.4, 0.5) is 10.5 Å². The number of aryl methyl sites for hydroxylation is 2. The fraction of sp³-hybridized carbons (Fsp3) is 0.476. The van der Waals surface area contributed by atoms with Crippen molar-refractivity contribution in [2.24, 2.45) is 7.05 Å². The number of carbonyl (C=O) groups excluding carboxylic acids is 2. The molecule has 1 aliphatic rings. The maximum Gasteiger partial charge on any atom is 0.408 e. The smallest absolute Gasteiger partial charge is 0.408 e. The Labute approximate surface area is 165 Å². The highest BCUT2D eigenvalue weighted by Gasteiger charge is 2.37. The van der Waals surface area contributed by atoms with Crippen molar-refractivity contribution >= 4 is 17.7 Å². The summed E-state index contributed by atoms with van der Waals surface area (Å²) in [6.45, 7) is 7.28. The molecule has 2 aromatic rings. The first-order valence-corrected chi connectivity index (χ1v) is 9.58. The molecule has 28 heavy (non-hydrogen) atoms. The number of para-hydroxylation sites is 1. The van der Waals surface area contributed by atoms with Crippen LogP contribution >= 0.6 is 0 Å². The molecule has 0 radical (unpaired) electrons. The number of carbonyl (C=O) groups is 2. The maximum absolute atomic E-state index is 13.1. The van der Waals surface area contributed by atoms with Gasteiger partial charge in [-0.15, -0.1) is 0 Å². The van der Waals surface area contributed by atoms with E-state index < -0.39 is 11.7 Å². The van der Waals surface area contributed by atoms with Crippen LogP contribution in [0.15, 0.2) is 30.5 Å². The third-order valence-corrected chi connectivity index (χ3v) is 4.65. The Bertz CT molecular complexity index is 882. The van der Waals surface area contributed by atoms with Crippen LogP contribution in [0.1, 0.15) is 50.8 Å². The Kier molecular flexibility index (Phi) is 5.45. The van der Waals surface area contributed by atoms with Gasteiger partial charge in [-0.2, -0.15) is 0 Å². The molecule has 1 N–H and O–H groups in total. The van der Waals surface area contributed by atoms with E-state index in [1.165, 1.54) is 0 Å². The number of anilines is 1. The number of aromatic nitrogens is 2. The number of nitrogens with zero attached hydrogens (tertiary/aromatic N) is 3. The summed E-state index contributed by atoms with van der Waals surface area (Å²) in [6.07, 6.45) is 2.93. The van der Waals surface area contributed by atoms with E-state index in [0.29, 0.717) is 6.42 Å². The minimum atomic E-state index is -0.612. The highest BCUT2D eigenvalue weighted by atomic mass is 16.6. The quantitative estimate of drug-likeness (QED) is 0.879. The van der Waals surface area contributed by atoms with Crippen LogP contribution < -0.4 is 10.2 Å². The van der Waals surface area contributed by atoms with Crippen molar-refractivity contribution in [2.45, 2.75) is 52.2 Å². The Hall–Kier alpha value is -2.83. The Morgan fingerprint density at radius 3 is 2.64 bits per heavy atom. The third kappa shape index (κ3) is 4.18. The van der Waals surface area contributed by atoms with E-state index in [1.807, 2.05) is 42.1 Å². The second kappa shape index (κ2) is 7.66. The number of benzene rings is 1. The highest BCUT2D eigenvalue weighted by molar-refractivity contribution is 5.98. The maximum atomic E-state index is 13.1. The second-order valence-electron chi connectivity index (χ2n) is 8.02. The molecular weight excluding hydrogens is 356 g/mol. The lowest BCUT2D eigenvalue weighted by molar-refractivity contribution is -0.118. The summed E-state index contributed by atoms with van der Waals surface area (Å²) in [4.78, 5) is 31.5. The molecule has 1 aromatic carbocycles. The average Bonchev–Trinajstić information content (AvgIpc) is 3.18. The zero-order chi connectivity index (χ0) is 20.5. The standard InChI is InChI=1S/C21H28N4O3/c1-6-15-13-24(5)19(23-15)17-11-14-9-7-8-10-16(14)25(17)18(26)12-22-20(27)28-21(2,3)4/h7-10,13,17H,6,11-12H2,1-5H3,(H,22,27). The minimum Gasteiger partial charge on any atom is -0.444 e. The molecule has 0 spiro atoms. The van der Waals surface area contributed by atoms with E-state index in [2.05, 4.69) is 12.2 Å². The lowest BCUT2D eigenvalue weighted by Crippen LogP contribution is -2.42. The third-order valence-electron chi connectivity index (χ3n) is 4.65. The number of amides is 2. The summed E-state index contributed by atoms with van der Waals surface area (Å²) < 4.78 is 7.21. The molecule has 1 aliphatic heterocycles. The molecule has 7 heteroatoms. The number of nitrogens with one attached hydrogen (secondary N) is 1. The predicted octanol–water partition coefficient (Wildman–Crippen LogP) is 3.14. The lowest BCUT2D eigenvalue weighted by Gasteiger charge is -2.26. The highest BCUT2D eigenvalue weighted by Crippen LogP contribution is 2.39. The summed E-state index contributed by atoms with van der Waals surface area (Å²) in [6, 6.07) is 7.65. The molecule has 0 fully saturated rings. The number of rotatable bonds is 4. The zero-order valence-electron chi connectivity index (χ0n) is 17.2. The van der Waals surface area contributed by atoms with Gasteiger partial charge >= 0.3 is 6.09 Å². The molecule has 7 nitrogen and oxygen atoms in total. The topological polar surface area (TPSA) is 76.5 Å². The van der Waals surface area contributed by atoms with Gasteiger partial charge in [0.1, 0.15) is 18.0 Å². The van der Waals surface area contributed by atoms with Crippen molar-refractivity contribution in [3.05, 3.63) is 47.5 Å². The van der Waals surface area contributed by atoms with Crippen molar-refractivity contribution in [3.63, 3.8) is 0 Å². The van der Waals surface area contributed by atoms with Gasteiger partial charge in [0.2, 0.25) is 5.91 Å². The van der Waals surface area contributed by atoms with E-state index in [9.17, 15) is 9.59 Å². The monoisotopic (exact) mass is 384 g/mol. The Morgan fingerprint density at radius 2 is 2.00 bits per heavy atom. The fourth-order valence-electron chi connectivity index (χ4n) is 3.47. The van der Waals surface area contributed by atoms with Crippen LogP contribution in [0.5, 0.6) is 0 Å². The van der Waals surface area contributed by atoms with Gasteiger partial charge in [-0.3, -0.25) is 9.69 Å². The van der Waals surface area contributed by atoms with E-state index >= 15 is 0 Å². The van der Waals surface area contributed by atoms with Crippen LogP contribution in [-0.2, 0) is 29.4 Å². The molecule has 1 unspecified atom stereocenters. The van der Waals surface area contributed by atoms with E-state index in [4.69, 9.17) is 9.72 Å². The molecular formula is C21H28N4O3. The minimum absolute atomic E-state index is 0.134. The van der Waals surface area contributed by atoms with Gasteiger partial charge in [0.25, 0.3) is 0 Å². The first kappa shape index (κ1) is 19.9. The van der Waals surface area contributed by atoms with Crippen molar-refractivity contribution in [2.75, 3.05) is 11.4 Å². The number of ether oxygens (including phenoxy) is 1. The molecule has 3 rings (SSSR count). The van der Waals surface area contributed by atoms with Crippen molar-refractivity contribution in [3.8, 4) is 0 Å². The number of hydrogen-bond acceptors (Lipinski definition) is 4. The Morgan fingerprint density at radius 1 is 1.29 bits per heavy atom. The molecule has 1 aromatic heterocycles. The van der Waals surface area contributed by atoms with E-state index in [1.54, 1.807) is 25.7 Å². The van der Waals surface area contributed by atoms with Gasteiger partial charge in [-0.05, 0) is 38.8 Å². The summed E-state index contributed by atoms with van der Waals surface area (Å²) in [7, 11) is 1.95. The van der Waals surface area contributed by atoms with E-state index in [-0.39, 0.29) is 18.5 Å². The van der Waals surface area contributed by atoms with Gasteiger partial charge in [0.05, 0.1) is 11.7 Å². The summed E-state index contributed by atoms with van der Waals surface area (Å²) in [5, 5.41) is 2.57. The van der Waals surface area contributed by atoms with Gasteiger partial charge < -0.3 is 14.6 Å². The Balaban J connectivity index is 1.83. The molecule has 1 atom stereocenters. The molecule has 0 aliphatic carbocycles. The SMILES string of the molecule is CCc1cn(C)c(C2Cc3ccccc3N2C(=O)CNC(=O)OC(C)(C)C)n1.